The first-order valence-corrected chi connectivity index (χ1v) is 12.9. The van der Waals surface area contributed by atoms with Gasteiger partial charge in [-0.25, -0.2) is 17.9 Å². The maximum absolute atomic E-state index is 13.1. The van der Waals surface area contributed by atoms with Gasteiger partial charge in [-0.05, 0) is 76.8 Å². The van der Waals surface area contributed by atoms with E-state index in [0.717, 1.165) is 17.5 Å². The van der Waals surface area contributed by atoms with Crippen molar-refractivity contribution in [1.82, 2.24) is 10.0 Å². The Morgan fingerprint density at radius 3 is 2.38 bits per heavy atom. The Labute approximate surface area is 194 Å². The van der Waals surface area contributed by atoms with Crippen LogP contribution in [0.2, 0.25) is 0 Å². The van der Waals surface area contributed by atoms with Crippen LogP contribution in [0.4, 0.5) is 4.79 Å². The highest BCUT2D eigenvalue weighted by Gasteiger charge is 2.24. The van der Waals surface area contributed by atoms with E-state index in [0.29, 0.717) is 31.7 Å². The normalized spacial score (nSPS) is 14.3. The molecule has 0 aromatic heterocycles. The Bertz CT molecular complexity index is 831. The number of rotatable bonds is 12. The number of benzene rings is 1. The third-order valence-electron chi connectivity index (χ3n) is 5.03. The Kier molecular flexibility index (Phi) is 11.1. The van der Waals surface area contributed by atoms with E-state index in [1.54, 1.807) is 32.9 Å². The van der Waals surface area contributed by atoms with Crippen LogP contribution in [0.15, 0.2) is 23.1 Å². The molecule has 0 saturated heterocycles. The fraction of sp³-hybridized carbons (Fsp3) is 0.708. The average Bonchev–Trinajstić information content (AvgIpc) is 2.63. The SMILES string of the molecule is Cc1ccc(S(=O)(=O)N[C@H](CO)CC(C)CCNC(=O)OC(C)(C)C)c(CCC(C)C)c1. The lowest BCUT2D eigenvalue weighted by Gasteiger charge is -2.22. The first kappa shape index (κ1) is 28.4. The summed E-state index contributed by atoms with van der Waals surface area (Å²) in [5, 5.41) is 12.5. The second-order valence-electron chi connectivity index (χ2n) is 10.1. The average molecular weight is 471 g/mol. The number of alkyl carbamates (subject to hydrolysis) is 1. The molecule has 3 N–H and O–H groups in total. The fourth-order valence-electron chi connectivity index (χ4n) is 3.39. The summed E-state index contributed by atoms with van der Waals surface area (Å²) in [4.78, 5) is 12.0. The van der Waals surface area contributed by atoms with Crippen LogP contribution < -0.4 is 10.0 Å². The second-order valence-corrected chi connectivity index (χ2v) is 11.8. The molecular weight excluding hydrogens is 428 g/mol. The van der Waals surface area contributed by atoms with Gasteiger partial charge in [-0.15, -0.1) is 0 Å². The van der Waals surface area contributed by atoms with E-state index in [1.807, 2.05) is 19.9 Å². The number of aryl methyl sites for hydroxylation is 2. The van der Waals surface area contributed by atoms with Crippen LogP contribution in [0.5, 0.6) is 0 Å². The second kappa shape index (κ2) is 12.6. The summed E-state index contributed by atoms with van der Waals surface area (Å²) in [6, 6.07) is 4.77. The van der Waals surface area contributed by atoms with Gasteiger partial charge in [0.15, 0.2) is 0 Å². The van der Waals surface area contributed by atoms with Crippen molar-refractivity contribution >= 4 is 16.1 Å². The zero-order valence-corrected chi connectivity index (χ0v) is 21.5. The first-order valence-electron chi connectivity index (χ1n) is 11.4. The summed E-state index contributed by atoms with van der Waals surface area (Å²) in [6.45, 7) is 13.7. The third-order valence-corrected chi connectivity index (χ3v) is 6.65. The summed E-state index contributed by atoms with van der Waals surface area (Å²) in [5.74, 6) is 0.558. The molecule has 0 aliphatic carbocycles. The summed E-state index contributed by atoms with van der Waals surface area (Å²) in [7, 11) is -3.77. The Hall–Kier alpha value is -1.64. The highest BCUT2D eigenvalue weighted by molar-refractivity contribution is 7.89. The molecule has 0 heterocycles. The molecule has 0 spiro atoms. The van der Waals surface area contributed by atoms with Gasteiger partial charge in [0, 0.05) is 12.6 Å². The number of hydrogen-bond acceptors (Lipinski definition) is 5. The zero-order valence-electron chi connectivity index (χ0n) is 20.7. The Morgan fingerprint density at radius 2 is 1.81 bits per heavy atom. The number of amides is 1. The van der Waals surface area contributed by atoms with Gasteiger partial charge in [0.05, 0.1) is 11.5 Å². The third kappa shape index (κ3) is 10.8. The topological polar surface area (TPSA) is 105 Å². The standard InChI is InChI=1S/C24H42N2O5S/c1-17(2)8-10-20-14-18(3)9-11-22(20)32(29,30)26-21(16-27)15-19(4)12-13-25-23(28)31-24(5,6)7/h9,11,14,17,19,21,26-27H,8,10,12-13,15-16H2,1-7H3,(H,25,28)/t19?,21-/m0/s1. The van der Waals surface area contributed by atoms with E-state index < -0.39 is 27.8 Å². The van der Waals surface area contributed by atoms with E-state index >= 15 is 0 Å². The van der Waals surface area contributed by atoms with Gasteiger partial charge >= 0.3 is 6.09 Å². The number of sulfonamides is 1. The predicted molar refractivity (Wildman–Crippen MR) is 128 cm³/mol. The van der Waals surface area contributed by atoms with Gasteiger partial charge < -0.3 is 15.2 Å². The summed E-state index contributed by atoms with van der Waals surface area (Å²) < 4.78 is 34.1. The molecule has 0 aliphatic rings. The lowest BCUT2D eigenvalue weighted by atomic mass is 9.99. The van der Waals surface area contributed by atoms with E-state index in [-0.39, 0.29) is 17.4 Å². The molecule has 2 atom stereocenters. The van der Waals surface area contributed by atoms with Crippen LogP contribution in [0.25, 0.3) is 0 Å². The highest BCUT2D eigenvalue weighted by atomic mass is 32.2. The molecule has 7 nitrogen and oxygen atoms in total. The van der Waals surface area contributed by atoms with Crippen LogP contribution in [0.1, 0.15) is 71.9 Å². The molecule has 0 fully saturated rings. The van der Waals surface area contributed by atoms with E-state index in [2.05, 4.69) is 23.9 Å². The number of ether oxygens (including phenoxy) is 1. The van der Waals surface area contributed by atoms with Crippen molar-refractivity contribution in [2.75, 3.05) is 13.2 Å². The maximum Gasteiger partial charge on any atom is 0.407 e. The maximum atomic E-state index is 13.1. The quantitative estimate of drug-likeness (QED) is 0.425. The van der Waals surface area contributed by atoms with E-state index in [4.69, 9.17) is 4.74 Å². The Balaban J connectivity index is 2.73. The minimum atomic E-state index is -3.77. The molecule has 8 heteroatoms. The van der Waals surface area contributed by atoms with Gasteiger partial charge in [-0.2, -0.15) is 0 Å². The number of nitrogens with one attached hydrogen (secondary N) is 2. The van der Waals surface area contributed by atoms with Gasteiger partial charge in [-0.1, -0.05) is 38.5 Å². The van der Waals surface area contributed by atoms with Crippen LogP contribution in [-0.4, -0.2) is 44.4 Å². The fourth-order valence-corrected chi connectivity index (χ4v) is 4.88. The predicted octanol–water partition coefficient (Wildman–Crippen LogP) is 4.16. The molecule has 184 valence electrons. The van der Waals surface area contributed by atoms with E-state index in [1.165, 1.54) is 0 Å². The number of carbonyl (C=O) groups excluding carboxylic acids is 1. The van der Waals surface area contributed by atoms with Crippen molar-refractivity contribution in [2.24, 2.45) is 11.8 Å². The van der Waals surface area contributed by atoms with Crippen LogP contribution in [-0.2, 0) is 21.2 Å². The van der Waals surface area contributed by atoms with Crippen molar-refractivity contribution in [3.05, 3.63) is 29.3 Å². The lowest BCUT2D eigenvalue weighted by molar-refractivity contribution is 0.0525. The van der Waals surface area contributed by atoms with Crippen LogP contribution in [0, 0.1) is 18.8 Å². The number of aliphatic hydroxyl groups excluding tert-OH is 1. The van der Waals surface area contributed by atoms with Gasteiger partial charge in [0.2, 0.25) is 10.0 Å². The Morgan fingerprint density at radius 1 is 1.16 bits per heavy atom. The summed E-state index contributed by atoms with van der Waals surface area (Å²) in [6.07, 6.45) is 2.21. The smallest absolute Gasteiger partial charge is 0.407 e. The minimum absolute atomic E-state index is 0.0863. The lowest BCUT2D eigenvalue weighted by Crippen LogP contribution is -2.39. The van der Waals surface area contributed by atoms with Crippen molar-refractivity contribution in [2.45, 2.75) is 90.7 Å². The summed E-state index contributed by atoms with van der Waals surface area (Å²) >= 11 is 0. The molecule has 1 rings (SSSR count). The minimum Gasteiger partial charge on any atom is -0.444 e. The summed E-state index contributed by atoms with van der Waals surface area (Å²) in [5.41, 5.74) is 1.27. The molecule has 0 saturated carbocycles. The molecule has 1 aromatic carbocycles. The van der Waals surface area contributed by atoms with Crippen molar-refractivity contribution in [3.63, 3.8) is 0 Å². The van der Waals surface area contributed by atoms with Gasteiger partial charge in [-0.3, -0.25) is 0 Å². The number of aliphatic hydroxyl groups is 1. The zero-order chi connectivity index (χ0) is 24.5. The van der Waals surface area contributed by atoms with Crippen molar-refractivity contribution in [3.8, 4) is 0 Å². The molecule has 0 aliphatic heterocycles. The van der Waals surface area contributed by atoms with Gasteiger partial charge in [0.25, 0.3) is 0 Å². The molecule has 1 amide bonds. The molecule has 0 bridgehead atoms. The molecular formula is C24H42N2O5S. The van der Waals surface area contributed by atoms with E-state index in [9.17, 15) is 18.3 Å². The van der Waals surface area contributed by atoms with Crippen LogP contribution in [0.3, 0.4) is 0 Å². The van der Waals surface area contributed by atoms with Crippen molar-refractivity contribution in [1.29, 1.82) is 0 Å². The van der Waals surface area contributed by atoms with Gasteiger partial charge in [0.1, 0.15) is 5.60 Å². The molecule has 32 heavy (non-hydrogen) atoms. The first-order chi connectivity index (χ1) is 14.7. The molecule has 1 aromatic rings. The molecule has 1 unspecified atom stereocenters. The highest BCUT2D eigenvalue weighted by Crippen LogP contribution is 2.22. The number of hydrogen-bond donors (Lipinski definition) is 3. The number of carbonyl (C=O) groups is 1. The largest absolute Gasteiger partial charge is 0.444 e. The molecule has 0 radical (unpaired) electrons. The van der Waals surface area contributed by atoms with Crippen LogP contribution >= 0.6 is 0 Å². The van der Waals surface area contributed by atoms with Crippen molar-refractivity contribution < 1.29 is 23.1 Å². The monoisotopic (exact) mass is 470 g/mol.